The van der Waals surface area contributed by atoms with Gasteiger partial charge >= 0.3 is 0 Å². The van der Waals surface area contributed by atoms with Crippen LogP contribution in [0, 0.1) is 18.3 Å². The third-order valence-electron chi connectivity index (χ3n) is 5.51. The summed E-state index contributed by atoms with van der Waals surface area (Å²) in [7, 11) is 0. The highest BCUT2D eigenvalue weighted by atomic mass is 16.3. The molecule has 2 heterocycles. The fraction of sp³-hybridized carbons (Fsp3) is 0.444. The molecule has 2 aromatic rings. The molecular formula is C18H21N3O2. The van der Waals surface area contributed by atoms with Crippen LogP contribution in [0.1, 0.15) is 17.2 Å². The van der Waals surface area contributed by atoms with Crippen LogP contribution >= 0.6 is 0 Å². The Kier molecular flexibility index (Phi) is 3.36. The third-order valence-corrected chi connectivity index (χ3v) is 5.51. The summed E-state index contributed by atoms with van der Waals surface area (Å²) in [6.45, 7) is 3.31. The lowest BCUT2D eigenvalue weighted by Gasteiger charge is -2.17. The first-order valence-corrected chi connectivity index (χ1v) is 8.04. The van der Waals surface area contributed by atoms with E-state index in [1.165, 1.54) is 5.56 Å². The maximum absolute atomic E-state index is 10.8. The summed E-state index contributed by atoms with van der Waals surface area (Å²) in [4.78, 5) is 10.6. The van der Waals surface area contributed by atoms with Gasteiger partial charge in [-0.15, -0.1) is 0 Å². The van der Waals surface area contributed by atoms with Gasteiger partial charge in [0.05, 0.1) is 6.10 Å². The molecule has 1 aliphatic heterocycles. The normalized spacial score (nSPS) is 32.5. The van der Waals surface area contributed by atoms with Gasteiger partial charge in [-0.2, -0.15) is 0 Å². The molecule has 23 heavy (non-hydrogen) atoms. The van der Waals surface area contributed by atoms with Crippen molar-refractivity contribution in [3.05, 3.63) is 54.0 Å². The Morgan fingerprint density at radius 2 is 2.04 bits per heavy atom. The predicted molar refractivity (Wildman–Crippen MR) is 87.2 cm³/mol. The molecule has 2 fully saturated rings. The zero-order valence-corrected chi connectivity index (χ0v) is 13.1. The van der Waals surface area contributed by atoms with E-state index in [9.17, 15) is 10.2 Å². The van der Waals surface area contributed by atoms with Gasteiger partial charge in [0.25, 0.3) is 0 Å². The van der Waals surface area contributed by atoms with Gasteiger partial charge < -0.3 is 15.1 Å². The van der Waals surface area contributed by atoms with Gasteiger partial charge in [0, 0.05) is 36.9 Å². The summed E-state index contributed by atoms with van der Waals surface area (Å²) in [6.07, 6.45) is 1.10. The van der Waals surface area contributed by atoms with Crippen molar-refractivity contribution in [2.24, 2.45) is 11.3 Å². The van der Waals surface area contributed by atoms with Crippen molar-refractivity contribution in [3.8, 4) is 0 Å². The van der Waals surface area contributed by atoms with Gasteiger partial charge in [-0.05, 0) is 24.3 Å². The summed E-state index contributed by atoms with van der Waals surface area (Å²) in [5, 5.41) is 20.6. The van der Waals surface area contributed by atoms with Crippen LogP contribution < -0.4 is 4.90 Å². The monoisotopic (exact) mass is 311 g/mol. The molecular weight excluding hydrogens is 290 g/mol. The Labute approximate surface area is 135 Å². The largest absolute Gasteiger partial charge is 0.396 e. The standard InChI is InChI=1S/C18H21N3O2/c1-12-7-16(20-11-19-12)21-8-15(23)18(10-21)14(9-22)17(18)13-5-3-2-4-6-13/h2-7,11,14-15,17,22-23H,8-10H2,1H3/t14-,15-,17-,18-/m1/s1. The molecule has 1 aliphatic carbocycles. The minimum Gasteiger partial charge on any atom is -0.396 e. The highest BCUT2D eigenvalue weighted by molar-refractivity contribution is 5.47. The number of anilines is 1. The summed E-state index contributed by atoms with van der Waals surface area (Å²) in [5.74, 6) is 1.16. The summed E-state index contributed by atoms with van der Waals surface area (Å²) in [6, 6.07) is 12.1. The number of hydrogen-bond acceptors (Lipinski definition) is 5. The van der Waals surface area contributed by atoms with Gasteiger partial charge in [-0.1, -0.05) is 30.3 Å². The highest BCUT2D eigenvalue weighted by Gasteiger charge is 2.71. The number of aromatic nitrogens is 2. The van der Waals surface area contributed by atoms with Gasteiger partial charge in [-0.25, -0.2) is 9.97 Å². The molecule has 0 amide bonds. The molecule has 120 valence electrons. The molecule has 1 saturated carbocycles. The first-order valence-electron chi connectivity index (χ1n) is 8.04. The number of benzene rings is 1. The fourth-order valence-electron chi connectivity index (χ4n) is 4.36. The van der Waals surface area contributed by atoms with Gasteiger partial charge in [-0.3, -0.25) is 0 Å². The van der Waals surface area contributed by atoms with E-state index in [-0.39, 0.29) is 23.9 Å². The van der Waals surface area contributed by atoms with Crippen LogP contribution in [0.25, 0.3) is 0 Å². The number of rotatable bonds is 3. The van der Waals surface area contributed by atoms with Crippen molar-refractivity contribution in [2.45, 2.75) is 18.9 Å². The number of aliphatic hydroxyl groups excluding tert-OH is 2. The summed E-state index contributed by atoms with van der Waals surface area (Å²) < 4.78 is 0. The average molecular weight is 311 g/mol. The van der Waals surface area contributed by atoms with Crippen molar-refractivity contribution in [1.29, 1.82) is 0 Å². The minimum absolute atomic E-state index is 0.104. The van der Waals surface area contributed by atoms with Crippen LogP contribution in [-0.2, 0) is 0 Å². The second-order valence-electron chi connectivity index (χ2n) is 6.70. The van der Waals surface area contributed by atoms with Crippen LogP contribution in [0.5, 0.6) is 0 Å². The molecule has 1 aromatic heterocycles. The molecule has 1 aromatic carbocycles. The van der Waals surface area contributed by atoms with E-state index < -0.39 is 6.10 Å². The Bertz CT molecular complexity index is 708. The lowest BCUT2D eigenvalue weighted by Crippen LogP contribution is -2.23. The quantitative estimate of drug-likeness (QED) is 0.896. The lowest BCUT2D eigenvalue weighted by molar-refractivity contribution is 0.113. The summed E-state index contributed by atoms with van der Waals surface area (Å²) in [5.41, 5.74) is 1.85. The molecule has 0 bridgehead atoms. The van der Waals surface area contributed by atoms with E-state index in [1.807, 2.05) is 31.2 Å². The number of β-amino-alcohol motifs (C(OH)–C–C–N with tert-alkyl or cyclic N) is 1. The van der Waals surface area contributed by atoms with Gasteiger partial charge in [0.1, 0.15) is 12.1 Å². The average Bonchev–Trinajstić information content (AvgIpc) is 3.10. The van der Waals surface area contributed by atoms with Crippen molar-refractivity contribution < 1.29 is 10.2 Å². The molecule has 5 nitrogen and oxygen atoms in total. The molecule has 2 N–H and O–H groups in total. The van der Waals surface area contributed by atoms with Gasteiger partial charge in [0.2, 0.25) is 0 Å². The van der Waals surface area contributed by atoms with Crippen molar-refractivity contribution in [3.63, 3.8) is 0 Å². The number of nitrogens with zero attached hydrogens (tertiary/aromatic N) is 3. The molecule has 4 rings (SSSR count). The number of hydrogen-bond donors (Lipinski definition) is 2. The van der Waals surface area contributed by atoms with Crippen molar-refractivity contribution in [1.82, 2.24) is 9.97 Å². The van der Waals surface area contributed by atoms with E-state index in [0.29, 0.717) is 6.54 Å². The molecule has 1 spiro atoms. The van der Waals surface area contributed by atoms with E-state index in [2.05, 4.69) is 27.0 Å². The molecule has 0 radical (unpaired) electrons. The molecule has 1 saturated heterocycles. The van der Waals surface area contributed by atoms with E-state index in [0.717, 1.165) is 18.1 Å². The first kappa shape index (κ1) is 14.6. The minimum atomic E-state index is -0.458. The van der Waals surface area contributed by atoms with Crippen LogP contribution in [0.2, 0.25) is 0 Å². The number of aryl methyl sites for hydroxylation is 1. The van der Waals surface area contributed by atoms with E-state index in [4.69, 9.17) is 0 Å². The van der Waals surface area contributed by atoms with Crippen LogP contribution in [0.4, 0.5) is 5.82 Å². The summed E-state index contributed by atoms with van der Waals surface area (Å²) >= 11 is 0. The predicted octanol–water partition coefficient (Wildman–Crippen LogP) is 1.36. The maximum atomic E-state index is 10.8. The second-order valence-corrected chi connectivity index (χ2v) is 6.70. The fourth-order valence-corrected chi connectivity index (χ4v) is 4.36. The van der Waals surface area contributed by atoms with Crippen molar-refractivity contribution in [2.75, 3.05) is 24.6 Å². The Morgan fingerprint density at radius 3 is 2.74 bits per heavy atom. The lowest BCUT2D eigenvalue weighted by atomic mass is 9.95. The Morgan fingerprint density at radius 1 is 1.26 bits per heavy atom. The van der Waals surface area contributed by atoms with E-state index >= 15 is 0 Å². The number of aliphatic hydroxyl groups is 2. The van der Waals surface area contributed by atoms with Crippen LogP contribution in [-0.4, -0.2) is 46.0 Å². The molecule has 5 heteroatoms. The molecule has 2 aliphatic rings. The zero-order valence-electron chi connectivity index (χ0n) is 13.1. The zero-order chi connectivity index (χ0) is 16.0. The second kappa shape index (κ2) is 5.28. The molecule has 0 unspecified atom stereocenters. The van der Waals surface area contributed by atoms with Crippen LogP contribution in [0.3, 0.4) is 0 Å². The van der Waals surface area contributed by atoms with Crippen molar-refractivity contribution >= 4 is 5.82 Å². The molecule has 4 atom stereocenters. The maximum Gasteiger partial charge on any atom is 0.132 e. The topological polar surface area (TPSA) is 69.5 Å². The highest BCUT2D eigenvalue weighted by Crippen LogP contribution is 2.68. The Balaban J connectivity index is 1.64. The third kappa shape index (κ3) is 2.15. The SMILES string of the molecule is Cc1cc(N2C[C@@H](O)[C@@]3(C2)[C@H](CO)[C@H]3c2ccccc2)ncn1. The Hall–Kier alpha value is -1.98. The first-order chi connectivity index (χ1) is 11.2. The van der Waals surface area contributed by atoms with Gasteiger partial charge in [0.15, 0.2) is 0 Å². The van der Waals surface area contributed by atoms with E-state index in [1.54, 1.807) is 6.33 Å². The smallest absolute Gasteiger partial charge is 0.132 e. The van der Waals surface area contributed by atoms with Crippen LogP contribution in [0.15, 0.2) is 42.7 Å².